The summed E-state index contributed by atoms with van der Waals surface area (Å²) < 4.78 is 27.2. The summed E-state index contributed by atoms with van der Waals surface area (Å²) in [5.41, 5.74) is 0.0783. The number of carbonyl (C=O) groups is 2. The molecule has 0 bridgehead atoms. The van der Waals surface area contributed by atoms with Crippen LogP contribution in [0.3, 0.4) is 0 Å². The molecule has 1 aromatic carbocycles. The normalized spacial score (nSPS) is 25.0. The molecule has 2 saturated carbocycles. The fraction of sp³-hybridized carbons (Fsp3) is 0.529. The van der Waals surface area contributed by atoms with Crippen molar-refractivity contribution in [3.63, 3.8) is 0 Å². The molecule has 2 aliphatic carbocycles. The van der Waals surface area contributed by atoms with Gasteiger partial charge in [0.1, 0.15) is 0 Å². The number of carbonyl (C=O) groups excluding carboxylic acids is 1. The average molecular weight is 323 g/mol. The van der Waals surface area contributed by atoms with Crippen molar-refractivity contribution in [1.82, 2.24) is 4.90 Å². The number of aliphatic carboxylic acids is 1. The lowest BCUT2D eigenvalue weighted by Gasteiger charge is -2.23. The smallest absolute Gasteiger partial charge is 0.305 e. The van der Waals surface area contributed by atoms with E-state index < -0.39 is 17.6 Å². The van der Waals surface area contributed by atoms with E-state index in [4.69, 9.17) is 5.11 Å². The summed E-state index contributed by atoms with van der Waals surface area (Å²) in [4.78, 5) is 24.8. The van der Waals surface area contributed by atoms with E-state index in [9.17, 15) is 18.4 Å². The zero-order valence-electron chi connectivity index (χ0n) is 12.7. The quantitative estimate of drug-likeness (QED) is 0.876. The molecule has 0 spiro atoms. The molecule has 1 amide bonds. The number of benzene rings is 1. The van der Waals surface area contributed by atoms with Gasteiger partial charge in [0.25, 0.3) is 0 Å². The van der Waals surface area contributed by atoms with E-state index in [2.05, 4.69) is 0 Å². The topological polar surface area (TPSA) is 57.6 Å². The van der Waals surface area contributed by atoms with E-state index in [-0.39, 0.29) is 36.9 Å². The van der Waals surface area contributed by atoms with Gasteiger partial charge in [-0.2, -0.15) is 0 Å². The van der Waals surface area contributed by atoms with Crippen LogP contribution in [0.1, 0.15) is 31.2 Å². The molecular formula is C17H19F2NO3. The van der Waals surface area contributed by atoms with Crippen LogP contribution in [0.2, 0.25) is 0 Å². The number of fused-ring (bicyclic) bond motifs is 1. The second-order valence-electron chi connectivity index (χ2n) is 6.40. The van der Waals surface area contributed by atoms with E-state index in [1.54, 1.807) is 0 Å². The lowest BCUT2D eigenvalue weighted by atomic mass is 10.1. The maximum absolute atomic E-state index is 13.8. The molecule has 124 valence electrons. The number of carboxylic acids is 1. The van der Waals surface area contributed by atoms with Crippen molar-refractivity contribution in [3.05, 3.63) is 35.4 Å². The highest BCUT2D eigenvalue weighted by molar-refractivity contribution is 5.83. The first-order chi connectivity index (χ1) is 11.0. The van der Waals surface area contributed by atoms with Gasteiger partial charge in [-0.1, -0.05) is 18.6 Å². The lowest BCUT2D eigenvalue weighted by Crippen LogP contribution is -2.35. The Morgan fingerprint density at radius 3 is 2.57 bits per heavy atom. The van der Waals surface area contributed by atoms with Crippen molar-refractivity contribution in [3.8, 4) is 0 Å². The summed E-state index contributed by atoms with van der Waals surface area (Å²) in [7, 11) is 0. The largest absolute Gasteiger partial charge is 0.481 e. The highest BCUT2D eigenvalue weighted by atomic mass is 19.2. The van der Waals surface area contributed by atoms with Crippen LogP contribution in [0, 0.1) is 29.4 Å². The number of hydrogen-bond donors (Lipinski definition) is 1. The first-order valence-corrected chi connectivity index (χ1v) is 7.92. The van der Waals surface area contributed by atoms with Crippen LogP contribution in [0.5, 0.6) is 0 Å². The highest BCUT2D eigenvalue weighted by Crippen LogP contribution is 2.58. The molecule has 1 aromatic rings. The maximum atomic E-state index is 13.8. The van der Waals surface area contributed by atoms with E-state index in [0.717, 1.165) is 25.3 Å². The Morgan fingerprint density at radius 2 is 1.91 bits per heavy atom. The Bertz CT molecular complexity index is 624. The third-order valence-corrected chi connectivity index (χ3v) is 4.99. The monoisotopic (exact) mass is 323 g/mol. The molecule has 0 saturated heterocycles. The van der Waals surface area contributed by atoms with E-state index in [1.165, 1.54) is 17.0 Å². The molecule has 0 aliphatic heterocycles. The fourth-order valence-corrected chi connectivity index (χ4v) is 3.77. The summed E-state index contributed by atoms with van der Waals surface area (Å²) in [5, 5.41) is 8.85. The second kappa shape index (κ2) is 6.26. The maximum Gasteiger partial charge on any atom is 0.305 e. The Labute approximate surface area is 133 Å². The fourth-order valence-electron chi connectivity index (χ4n) is 3.77. The molecule has 1 N–H and O–H groups in total. The van der Waals surface area contributed by atoms with Crippen LogP contribution in [-0.4, -0.2) is 28.4 Å². The Kier molecular flexibility index (Phi) is 4.33. The Balaban J connectivity index is 1.74. The van der Waals surface area contributed by atoms with Crippen LogP contribution in [0.25, 0.3) is 0 Å². The van der Waals surface area contributed by atoms with Crippen LogP contribution in [-0.2, 0) is 16.1 Å². The first kappa shape index (κ1) is 15.9. The summed E-state index contributed by atoms with van der Waals surface area (Å²) in [5.74, 6) is -2.34. The molecule has 0 radical (unpaired) electrons. The van der Waals surface area contributed by atoms with Gasteiger partial charge in [0.2, 0.25) is 5.91 Å². The zero-order valence-corrected chi connectivity index (χ0v) is 12.7. The van der Waals surface area contributed by atoms with Gasteiger partial charge in [-0.25, -0.2) is 8.78 Å². The van der Waals surface area contributed by atoms with Crippen LogP contribution in [0.15, 0.2) is 18.2 Å². The molecular weight excluding hydrogens is 304 g/mol. The number of hydrogen-bond acceptors (Lipinski definition) is 2. The molecule has 2 aliphatic rings. The summed E-state index contributed by atoms with van der Waals surface area (Å²) in [6.07, 6.45) is 2.99. The van der Waals surface area contributed by atoms with Crippen LogP contribution < -0.4 is 0 Å². The number of rotatable bonds is 6. The minimum Gasteiger partial charge on any atom is -0.481 e. The molecule has 2 unspecified atom stereocenters. The number of amides is 1. The predicted octanol–water partition coefficient (Wildman–Crippen LogP) is 2.81. The molecule has 0 aromatic heterocycles. The van der Waals surface area contributed by atoms with Crippen molar-refractivity contribution in [2.45, 2.75) is 32.2 Å². The standard InChI is InChI=1S/C17H19F2NO3/c18-13-6-1-3-10(16(13)19)9-20(8-7-14(21)22)17(23)15-11-4-2-5-12(11)15/h1,3,6,11-12,15H,2,4-5,7-9H2,(H,21,22). The summed E-state index contributed by atoms with van der Waals surface area (Å²) in [6.45, 7) is -0.0777. The van der Waals surface area contributed by atoms with Gasteiger partial charge in [-0.05, 0) is 30.7 Å². The minimum atomic E-state index is -1.02. The van der Waals surface area contributed by atoms with Gasteiger partial charge in [0, 0.05) is 24.6 Å². The van der Waals surface area contributed by atoms with Crippen LogP contribution in [0.4, 0.5) is 8.78 Å². The average Bonchev–Trinajstić information content (AvgIpc) is 2.99. The van der Waals surface area contributed by atoms with Crippen molar-refractivity contribution in [2.75, 3.05) is 6.54 Å². The number of carboxylic acid groups (broad SMARTS) is 1. The first-order valence-electron chi connectivity index (χ1n) is 7.92. The van der Waals surface area contributed by atoms with Gasteiger partial charge in [-0.3, -0.25) is 9.59 Å². The van der Waals surface area contributed by atoms with Crippen molar-refractivity contribution < 1.29 is 23.5 Å². The van der Waals surface area contributed by atoms with Gasteiger partial charge in [-0.15, -0.1) is 0 Å². The van der Waals surface area contributed by atoms with Gasteiger partial charge in [0.05, 0.1) is 6.42 Å². The second-order valence-corrected chi connectivity index (χ2v) is 6.40. The third kappa shape index (κ3) is 3.21. The van der Waals surface area contributed by atoms with E-state index >= 15 is 0 Å². The molecule has 2 atom stereocenters. The van der Waals surface area contributed by atoms with Crippen molar-refractivity contribution in [2.24, 2.45) is 17.8 Å². The number of halogens is 2. The van der Waals surface area contributed by atoms with Crippen LogP contribution >= 0.6 is 0 Å². The summed E-state index contributed by atoms with van der Waals surface area (Å²) >= 11 is 0. The molecule has 6 heteroatoms. The zero-order chi connectivity index (χ0) is 16.6. The SMILES string of the molecule is O=C(O)CCN(Cc1cccc(F)c1F)C(=O)C1C2CCCC21. The Hall–Kier alpha value is -1.98. The summed E-state index contributed by atoms with van der Waals surface area (Å²) in [6, 6.07) is 3.83. The van der Waals surface area contributed by atoms with Crippen molar-refractivity contribution in [1.29, 1.82) is 0 Å². The minimum absolute atomic E-state index is 0.0139. The van der Waals surface area contributed by atoms with Gasteiger partial charge >= 0.3 is 5.97 Å². The van der Waals surface area contributed by atoms with Gasteiger partial charge < -0.3 is 10.0 Å². The predicted molar refractivity (Wildman–Crippen MR) is 78.3 cm³/mol. The third-order valence-electron chi connectivity index (χ3n) is 4.99. The lowest BCUT2D eigenvalue weighted by molar-refractivity contribution is -0.139. The highest BCUT2D eigenvalue weighted by Gasteiger charge is 2.57. The molecule has 2 fully saturated rings. The molecule has 4 nitrogen and oxygen atoms in total. The Morgan fingerprint density at radius 1 is 1.22 bits per heavy atom. The molecule has 0 heterocycles. The van der Waals surface area contributed by atoms with E-state index in [0.29, 0.717) is 11.8 Å². The van der Waals surface area contributed by atoms with E-state index in [1.807, 2.05) is 0 Å². The van der Waals surface area contributed by atoms with Gasteiger partial charge in [0.15, 0.2) is 11.6 Å². The number of nitrogens with zero attached hydrogens (tertiary/aromatic N) is 1. The van der Waals surface area contributed by atoms with Crippen molar-refractivity contribution >= 4 is 11.9 Å². The molecule has 23 heavy (non-hydrogen) atoms. The molecule has 3 rings (SSSR count).